The van der Waals surface area contributed by atoms with Crippen LogP contribution in [0.15, 0.2) is 42.6 Å². The number of rotatable bonds is 1. The van der Waals surface area contributed by atoms with Gasteiger partial charge < -0.3 is 5.32 Å². The van der Waals surface area contributed by atoms with Crippen molar-refractivity contribution in [2.24, 2.45) is 0 Å². The van der Waals surface area contributed by atoms with Gasteiger partial charge in [-0.2, -0.15) is 0 Å². The topological polar surface area (TPSA) is 24.9 Å². The van der Waals surface area contributed by atoms with Gasteiger partial charge in [0.05, 0.1) is 5.69 Å². The second-order valence-electron chi connectivity index (χ2n) is 4.06. The van der Waals surface area contributed by atoms with Crippen LogP contribution in [0, 0.1) is 0 Å². The number of hydrogen-bond donors (Lipinski definition) is 1. The highest BCUT2D eigenvalue weighted by Crippen LogP contribution is 2.25. The first-order chi connectivity index (χ1) is 7.95. The van der Waals surface area contributed by atoms with Gasteiger partial charge in [0, 0.05) is 18.1 Å². The molecule has 1 aromatic carbocycles. The van der Waals surface area contributed by atoms with Crippen LogP contribution in [0.2, 0.25) is 0 Å². The number of fused-ring (bicyclic) bond motifs is 1. The van der Waals surface area contributed by atoms with Crippen LogP contribution >= 0.6 is 0 Å². The van der Waals surface area contributed by atoms with Crippen LogP contribution in [0.25, 0.3) is 16.3 Å². The van der Waals surface area contributed by atoms with Crippen molar-refractivity contribution in [1.29, 1.82) is 0 Å². The summed E-state index contributed by atoms with van der Waals surface area (Å²) in [6, 6.07) is 10.5. The van der Waals surface area contributed by atoms with E-state index < -0.39 is 0 Å². The zero-order chi connectivity index (χ0) is 10.8. The van der Waals surface area contributed by atoms with Gasteiger partial charge in [-0.25, -0.2) is 0 Å². The fraction of sp³-hybridized carbons (Fsp3) is 0.214. The van der Waals surface area contributed by atoms with Crippen molar-refractivity contribution in [1.82, 2.24) is 10.3 Å². The van der Waals surface area contributed by atoms with Crippen LogP contribution in [-0.4, -0.2) is 18.1 Å². The average molecular weight is 210 g/mol. The lowest BCUT2D eigenvalue weighted by molar-refractivity contribution is 0.737. The Morgan fingerprint density at radius 2 is 2.06 bits per heavy atom. The molecule has 0 atom stereocenters. The minimum atomic E-state index is 0.959. The van der Waals surface area contributed by atoms with Gasteiger partial charge in [-0.15, -0.1) is 0 Å². The summed E-state index contributed by atoms with van der Waals surface area (Å²) in [5, 5.41) is 5.86. The van der Waals surface area contributed by atoms with E-state index in [1.54, 1.807) is 0 Å². The molecule has 1 aliphatic rings. The van der Waals surface area contributed by atoms with Crippen molar-refractivity contribution < 1.29 is 0 Å². The van der Waals surface area contributed by atoms with E-state index in [9.17, 15) is 0 Å². The Balaban J connectivity index is 2.19. The number of benzene rings is 1. The molecule has 2 aromatic rings. The Morgan fingerprint density at radius 1 is 1.12 bits per heavy atom. The molecule has 2 heteroatoms. The highest BCUT2D eigenvalue weighted by molar-refractivity contribution is 5.92. The Hall–Kier alpha value is -1.67. The quantitative estimate of drug-likeness (QED) is 0.782. The first kappa shape index (κ1) is 9.55. The van der Waals surface area contributed by atoms with Crippen LogP contribution in [0.5, 0.6) is 0 Å². The maximum absolute atomic E-state index is 4.53. The van der Waals surface area contributed by atoms with E-state index >= 15 is 0 Å². The molecule has 1 aromatic heterocycles. The molecule has 0 amide bonds. The van der Waals surface area contributed by atoms with Crippen molar-refractivity contribution in [3.05, 3.63) is 48.3 Å². The Kier molecular flexibility index (Phi) is 2.43. The van der Waals surface area contributed by atoms with Crippen LogP contribution in [0.4, 0.5) is 0 Å². The van der Waals surface area contributed by atoms with E-state index in [2.05, 4.69) is 46.7 Å². The molecule has 16 heavy (non-hydrogen) atoms. The molecule has 0 saturated carbocycles. The first-order valence-corrected chi connectivity index (χ1v) is 5.69. The maximum Gasteiger partial charge on any atom is 0.0737 e. The smallest absolute Gasteiger partial charge is 0.0737 e. The van der Waals surface area contributed by atoms with E-state index in [0.717, 1.165) is 25.2 Å². The Morgan fingerprint density at radius 3 is 2.94 bits per heavy atom. The standard InChI is InChI=1S/C14H14N2/c1-2-4-13-11(3-1)7-10-16-14(13)12-5-8-15-9-6-12/h1-5,7,10,15H,6,8-9H2. The van der Waals surface area contributed by atoms with E-state index in [4.69, 9.17) is 0 Å². The molecule has 0 unspecified atom stereocenters. The van der Waals surface area contributed by atoms with Crippen LogP contribution in [0.3, 0.4) is 0 Å². The molecule has 0 bridgehead atoms. The zero-order valence-electron chi connectivity index (χ0n) is 9.11. The maximum atomic E-state index is 4.53. The Bertz CT molecular complexity index is 538. The van der Waals surface area contributed by atoms with Gasteiger partial charge in [0.25, 0.3) is 0 Å². The lowest BCUT2D eigenvalue weighted by Gasteiger charge is -2.14. The molecule has 1 N–H and O–H groups in total. The van der Waals surface area contributed by atoms with Crippen molar-refractivity contribution in [3.8, 4) is 0 Å². The Labute approximate surface area is 95.0 Å². The summed E-state index contributed by atoms with van der Waals surface area (Å²) >= 11 is 0. The second-order valence-corrected chi connectivity index (χ2v) is 4.06. The molecule has 2 heterocycles. The molecule has 0 radical (unpaired) electrons. The van der Waals surface area contributed by atoms with Crippen molar-refractivity contribution in [2.75, 3.05) is 13.1 Å². The van der Waals surface area contributed by atoms with Gasteiger partial charge in [-0.3, -0.25) is 4.98 Å². The predicted octanol–water partition coefficient (Wildman–Crippen LogP) is 2.61. The van der Waals surface area contributed by atoms with E-state index in [-0.39, 0.29) is 0 Å². The molecule has 0 fully saturated rings. The van der Waals surface area contributed by atoms with E-state index in [1.165, 1.54) is 16.3 Å². The first-order valence-electron chi connectivity index (χ1n) is 5.69. The monoisotopic (exact) mass is 210 g/mol. The number of nitrogens with zero attached hydrogens (tertiary/aromatic N) is 1. The zero-order valence-corrected chi connectivity index (χ0v) is 9.11. The van der Waals surface area contributed by atoms with E-state index in [1.807, 2.05) is 6.20 Å². The number of hydrogen-bond acceptors (Lipinski definition) is 2. The molecule has 1 aliphatic heterocycles. The van der Waals surface area contributed by atoms with Crippen LogP contribution < -0.4 is 5.32 Å². The molecule has 80 valence electrons. The minimum absolute atomic E-state index is 0.959. The fourth-order valence-corrected chi connectivity index (χ4v) is 2.21. The molecule has 2 nitrogen and oxygen atoms in total. The number of nitrogens with one attached hydrogen (secondary N) is 1. The highest BCUT2D eigenvalue weighted by atomic mass is 14.9. The van der Waals surface area contributed by atoms with Gasteiger partial charge in [-0.05, 0) is 30.0 Å². The van der Waals surface area contributed by atoms with E-state index in [0.29, 0.717) is 0 Å². The van der Waals surface area contributed by atoms with Gasteiger partial charge >= 0.3 is 0 Å². The highest BCUT2D eigenvalue weighted by Gasteiger charge is 2.09. The SMILES string of the molecule is C1=C(c2nccc3ccccc23)CCNC1. The summed E-state index contributed by atoms with van der Waals surface area (Å²) in [7, 11) is 0. The minimum Gasteiger partial charge on any atom is -0.313 e. The molecule has 0 aliphatic carbocycles. The van der Waals surface area contributed by atoms with Crippen molar-refractivity contribution in [2.45, 2.75) is 6.42 Å². The van der Waals surface area contributed by atoms with Crippen LogP contribution in [0.1, 0.15) is 12.1 Å². The number of aromatic nitrogens is 1. The summed E-state index contributed by atoms with van der Waals surface area (Å²) in [4.78, 5) is 4.53. The number of pyridine rings is 1. The summed E-state index contributed by atoms with van der Waals surface area (Å²) in [5.74, 6) is 0. The third-order valence-corrected chi connectivity index (χ3v) is 3.04. The lowest BCUT2D eigenvalue weighted by Crippen LogP contribution is -2.20. The average Bonchev–Trinajstić information content (AvgIpc) is 2.39. The molecule has 3 rings (SSSR count). The normalized spacial score (nSPS) is 16.1. The molecular weight excluding hydrogens is 196 g/mol. The largest absolute Gasteiger partial charge is 0.313 e. The van der Waals surface area contributed by atoms with Crippen molar-refractivity contribution in [3.63, 3.8) is 0 Å². The fourth-order valence-electron chi connectivity index (χ4n) is 2.21. The summed E-state index contributed by atoms with van der Waals surface area (Å²) in [5.41, 5.74) is 2.52. The van der Waals surface area contributed by atoms with Gasteiger partial charge in [0.1, 0.15) is 0 Å². The third-order valence-electron chi connectivity index (χ3n) is 3.04. The lowest BCUT2D eigenvalue weighted by atomic mass is 10.00. The molecular formula is C14H14N2. The van der Waals surface area contributed by atoms with Crippen molar-refractivity contribution >= 4 is 16.3 Å². The van der Waals surface area contributed by atoms with Gasteiger partial charge in [0.15, 0.2) is 0 Å². The predicted molar refractivity (Wildman–Crippen MR) is 67.2 cm³/mol. The summed E-state index contributed by atoms with van der Waals surface area (Å²) < 4.78 is 0. The molecule has 0 saturated heterocycles. The molecule has 0 spiro atoms. The summed E-state index contributed by atoms with van der Waals surface area (Å²) in [6.07, 6.45) is 5.22. The summed E-state index contributed by atoms with van der Waals surface area (Å²) in [6.45, 7) is 2.01. The van der Waals surface area contributed by atoms with Gasteiger partial charge in [0.2, 0.25) is 0 Å². The van der Waals surface area contributed by atoms with Crippen LogP contribution in [-0.2, 0) is 0 Å². The van der Waals surface area contributed by atoms with Gasteiger partial charge in [-0.1, -0.05) is 30.3 Å². The third kappa shape index (κ3) is 1.61. The second kappa shape index (κ2) is 4.06.